The van der Waals surface area contributed by atoms with Crippen LogP contribution in [0.2, 0.25) is 0 Å². The molecule has 0 radical (unpaired) electrons. The maximum atomic E-state index is 12.4. The predicted octanol–water partition coefficient (Wildman–Crippen LogP) is 4.67. The molecule has 0 amide bonds. The van der Waals surface area contributed by atoms with Gasteiger partial charge in [-0.1, -0.05) is 38.1 Å². The first kappa shape index (κ1) is 22.6. The molecule has 1 N–H and O–H groups in total. The summed E-state index contributed by atoms with van der Waals surface area (Å²) in [7, 11) is 1.97. The fourth-order valence-corrected chi connectivity index (χ4v) is 3.99. The third kappa shape index (κ3) is 4.50. The highest BCUT2D eigenvalue weighted by Crippen LogP contribution is 2.49. The Balaban J connectivity index is 2.00. The molecule has 2 aromatic carbocycles. The molecule has 0 fully saturated rings. The van der Waals surface area contributed by atoms with E-state index in [0.717, 1.165) is 22.4 Å². The summed E-state index contributed by atoms with van der Waals surface area (Å²) in [6, 6.07) is 14.4. The van der Waals surface area contributed by atoms with Crippen LogP contribution in [-0.2, 0) is 14.9 Å². The number of carbonyl (C=O) groups is 1. The van der Waals surface area contributed by atoms with Crippen molar-refractivity contribution < 1.29 is 14.6 Å². The Morgan fingerprint density at radius 1 is 1.16 bits per heavy atom. The lowest BCUT2D eigenvalue weighted by molar-refractivity contribution is -0.149. The van der Waals surface area contributed by atoms with Gasteiger partial charge in [0.15, 0.2) is 0 Å². The number of nitrogens with zero attached hydrogens (tertiary/aromatic N) is 2. The molecule has 5 heteroatoms. The first-order chi connectivity index (χ1) is 14.5. The fourth-order valence-electron chi connectivity index (χ4n) is 3.99. The number of carbonyl (C=O) groups excluding carboxylic acids is 1. The van der Waals surface area contributed by atoms with Gasteiger partial charge in [-0.15, -0.1) is 0 Å². The molecule has 0 bridgehead atoms. The van der Waals surface area contributed by atoms with E-state index in [0.29, 0.717) is 6.54 Å². The molecule has 0 unspecified atom stereocenters. The Bertz CT molecular complexity index is 1080. The Morgan fingerprint density at radius 2 is 1.77 bits per heavy atom. The zero-order valence-electron chi connectivity index (χ0n) is 19.1. The largest absolute Gasteiger partial charge is 0.456 e. The molecule has 0 saturated carbocycles. The van der Waals surface area contributed by atoms with E-state index < -0.39 is 11.6 Å². The molecule has 0 heterocycles. The van der Waals surface area contributed by atoms with Gasteiger partial charge in [-0.2, -0.15) is 5.26 Å². The van der Waals surface area contributed by atoms with Crippen LogP contribution in [0.3, 0.4) is 0 Å². The van der Waals surface area contributed by atoms with Gasteiger partial charge in [0.05, 0.1) is 6.61 Å². The van der Waals surface area contributed by atoms with Gasteiger partial charge >= 0.3 is 5.97 Å². The summed E-state index contributed by atoms with van der Waals surface area (Å²) < 4.78 is 5.35. The van der Waals surface area contributed by atoms with E-state index in [9.17, 15) is 15.2 Å². The highest BCUT2D eigenvalue weighted by Gasteiger charge is 2.36. The number of fused-ring (bicyclic) bond motifs is 3. The number of aliphatic hydroxyl groups is 1. The van der Waals surface area contributed by atoms with Gasteiger partial charge in [-0.25, -0.2) is 4.79 Å². The minimum absolute atomic E-state index is 0.0175. The molecule has 1 aliphatic carbocycles. The topological polar surface area (TPSA) is 73.6 Å². The highest BCUT2D eigenvalue weighted by molar-refractivity contribution is 5.98. The van der Waals surface area contributed by atoms with Crippen molar-refractivity contribution in [1.29, 1.82) is 5.26 Å². The third-order valence-electron chi connectivity index (χ3n) is 5.61. The van der Waals surface area contributed by atoms with E-state index in [1.807, 2.05) is 30.1 Å². The number of rotatable bonds is 5. The van der Waals surface area contributed by atoms with Gasteiger partial charge in [0.25, 0.3) is 0 Å². The number of ether oxygens (including phenoxy) is 1. The van der Waals surface area contributed by atoms with Crippen LogP contribution < -0.4 is 4.90 Å². The van der Waals surface area contributed by atoms with Gasteiger partial charge < -0.3 is 14.7 Å². The number of nitriles is 1. The molecule has 1 aliphatic rings. The molecule has 0 aliphatic heterocycles. The van der Waals surface area contributed by atoms with Crippen LogP contribution in [0.15, 0.2) is 42.0 Å². The van der Waals surface area contributed by atoms with Gasteiger partial charge in [0, 0.05) is 24.7 Å². The molecule has 0 aromatic heterocycles. The van der Waals surface area contributed by atoms with Crippen LogP contribution >= 0.6 is 0 Å². The maximum Gasteiger partial charge on any atom is 0.349 e. The van der Waals surface area contributed by atoms with Crippen molar-refractivity contribution in [2.45, 2.75) is 45.6 Å². The van der Waals surface area contributed by atoms with Crippen LogP contribution in [0.1, 0.15) is 51.3 Å². The Morgan fingerprint density at radius 3 is 2.35 bits per heavy atom. The smallest absolute Gasteiger partial charge is 0.349 e. The second-order valence-corrected chi connectivity index (χ2v) is 9.48. The number of aliphatic hydroxyl groups excluding tert-OH is 1. The summed E-state index contributed by atoms with van der Waals surface area (Å²) in [6.45, 7) is 10.4. The fraction of sp³-hybridized carbons (Fsp3) is 0.385. The number of likely N-dealkylation sites (N-methyl/N-ethyl adjacent to an activating group) is 1. The van der Waals surface area contributed by atoms with Crippen LogP contribution in [0.25, 0.3) is 17.2 Å². The summed E-state index contributed by atoms with van der Waals surface area (Å²) in [5, 5.41) is 18.7. The normalized spacial score (nSPS) is 14.5. The van der Waals surface area contributed by atoms with Crippen molar-refractivity contribution in [3.05, 3.63) is 58.7 Å². The molecular weight excluding hydrogens is 388 g/mol. The van der Waals surface area contributed by atoms with Gasteiger partial charge in [-0.05, 0) is 66.8 Å². The summed E-state index contributed by atoms with van der Waals surface area (Å²) >= 11 is 0. The van der Waals surface area contributed by atoms with Crippen molar-refractivity contribution in [3.8, 4) is 17.2 Å². The van der Waals surface area contributed by atoms with Crippen molar-refractivity contribution in [1.82, 2.24) is 0 Å². The quantitative estimate of drug-likeness (QED) is 0.434. The maximum absolute atomic E-state index is 12.4. The van der Waals surface area contributed by atoms with Crippen molar-refractivity contribution in [2.24, 2.45) is 0 Å². The average molecular weight is 419 g/mol. The number of benzene rings is 2. The zero-order valence-corrected chi connectivity index (χ0v) is 19.1. The lowest BCUT2D eigenvalue weighted by Gasteiger charge is -2.24. The molecule has 5 nitrogen and oxygen atoms in total. The number of esters is 1. The second-order valence-electron chi connectivity index (χ2n) is 9.48. The number of hydrogen-bond acceptors (Lipinski definition) is 5. The molecular formula is C26H30N2O3. The first-order valence-electron chi connectivity index (χ1n) is 10.4. The van der Waals surface area contributed by atoms with Gasteiger partial charge in [-0.3, -0.25) is 0 Å². The standard InChI is InChI=1S/C26H30N2O3/c1-25(2,3)31-24(30)18(16-27)13-17-7-9-20-21-10-8-19(28(6)11-12-29)15-23(21)26(4,5)22(20)14-17/h7-10,13-15,29H,11-12H2,1-6H3/b18-13-. The predicted molar refractivity (Wildman–Crippen MR) is 124 cm³/mol. The SMILES string of the molecule is CN(CCO)c1ccc2c(c1)C(C)(C)c1cc(/C=C(/C#N)C(=O)OC(C)(C)C)ccc1-2. The van der Waals surface area contributed by atoms with Crippen molar-refractivity contribution >= 4 is 17.7 Å². The van der Waals surface area contributed by atoms with Crippen LogP contribution in [0.5, 0.6) is 0 Å². The third-order valence-corrected chi connectivity index (χ3v) is 5.61. The highest BCUT2D eigenvalue weighted by atomic mass is 16.6. The Labute approximate surface area is 184 Å². The second kappa shape index (κ2) is 8.20. The number of anilines is 1. The van der Waals surface area contributed by atoms with Crippen LogP contribution in [-0.4, -0.2) is 36.9 Å². The summed E-state index contributed by atoms with van der Waals surface area (Å²) in [6.07, 6.45) is 1.59. The van der Waals surface area contributed by atoms with E-state index in [-0.39, 0.29) is 17.6 Å². The lowest BCUT2D eigenvalue weighted by atomic mass is 9.81. The van der Waals surface area contributed by atoms with Gasteiger partial charge in [0.1, 0.15) is 17.2 Å². The van der Waals surface area contributed by atoms with E-state index in [2.05, 4.69) is 38.1 Å². The van der Waals surface area contributed by atoms with Crippen molar-refractivity contribution in [2.75, 3.05) is 25.1 Å². The molecule has 0 atom stereocenters. The van der Waals surface area contributed by atoms with Crippen molar-refractivity contribution in [3.63, 3.8) is 0 Å². The minimum Gasteiger partial charge on any atom is -0.456 e. The molecule has 2 aromatic rings. The van der Waals surface area contributed by atoms with E-state index >= 15 is 0 Å². The molecule has 162 valence electrons. The van der Waals surface area contributed by atoms with E-state index in [1.54, 1.807) is 26.8 Å². The van der Waals surface area contributed by atoms with E-state index in [4.69, 9.17) is 4.74 Å². The molecule has 3 rings (SSSR count). The molecule has 0 spiro atoms. The molecule has 0 saturated heterocycles. The Hall–Kier alpha value is -3.10. The minimum atomic E-state index is -0.657. The summed E-state index contributed by atoms with van der Waals surface area (Å²) in [5.41, 5.74) is 5.66. The Kier molecular flexibility index (Phi) is 5.98. The summed E-state index contributed by atoms with van der Waals surface area (Å²) in [4.78, 5) is 14.4. The number of hydrogen-bond donors (Lipinski definition) is 1. The van der Waals surface area contributed by atoms with Gasteiger partial charge in [0.2, 0.25) is 0 Å². The zero-order chi connectivity index (χ0) is 23.0. The monoisotopic (exact) mass is 418 g/mol. The van der Waals surface area contributed by atoms with E-state index in [1.165, 1.54) is 11.1 Å². The average Bonchev–Trinajstić information content (AvgIpc) is 2.91. The lowest BCUT2D eigenvalue weighted by Crippen LogP contribution is -2.24. The first-order valence-corrected chi connectivity index (χ1v) is 10.4. The summed E-state index contributed by atoms with van der Waals surface area (Å²) in [5.74, 6) is -0.616. The van der Waals surface area contributed by atoms with Crippen LogP contribution in [0.4, 0.5) is 5.69 Å². The molecule has 31 heavy (non-hydrogen) atoms. The van der Waals surface area contributed by atoms with Crippen LogP contribution in [0, 0.1) is 11.3 Å².